The second kappa shape index (κ2) is 8.62. The molecule has 0 atom stereocenters. The summed E-state index contributed by atoms with van der Waals surface area (Å²) in [5.74, 6) is -0.00223. The Balaban J connectivity index is 1.48. The van der Waals surface area contributed by atoms with Crippen molar-refractivity contribution in [3.8, 4) is 0 Å². The van der Waals surface area contributed by atoms with Crippen LogP contribution in [0.5, 0.6) is 0 Å². The summed E-state index contributed by atoms with van der Waals surface area (Å²) >= 11 is 8.84. The zero-order valence-corrected chi connectivity index (χ0v) is 18.4. The van der Waals surface area contributed by atoms with Gasteiger partial charge in [0.15, 0.2) is 10.8 Å². The van der Waals surface area contributed by atoms with E-state index in [-0.39, 0.29) is 11.7 Å². The van der Waals surface area contributed by atoms with Gasteiger partial charge in [0.25, 0.3) is 0 Å². The molecule has 7 nitrogen and oxygen atoms in total. The Morgan fingerprint density at radius 3 is 2.84 bits per heavy atom. The maximum atomic E-state index is 12.2. The lowest BCUT2D eigenvalue weighted by molar-refractivity contribution is -0.113. The number of carbonyl (C=O) groups excluding carboxylic acids is 1. The molecule has 0 radical (unpaired) electrons. The third-order valence-electron chi connectivity index (χ3n) is 4.60. The number of fused-ring (bicyclic) bond motifs is 3. The minimum atomic E-state index is -0.166. The summed E-state index contributed by atoms with van der Waals surface area (Å²) in [4.78, 5) is 21.0. The van der Waals surface area contributed by atoms with Crippen molar-refractivity contribution in [2.75, 3.05) is 11.1 Å². The first-order valence-electron chi connectivity index (χ1n) is 9.35. The molecule has 3 heterocycles. The predicted molar refractivity (Wildman–Crippen MR) is 125 cm³/mol. The molecule has 10 heteroatoms. The van der Waals surface area contributed by atoms with E-state index in [1.165, 1.54) is 23.1 Å². The van der Waals surface area contributed by atoms with Crippen LogP contribution >= 0.6 is 34.7 Å². The molecule has 0 saturated carbocycles. The van der Waals surface area contributed by atoms with Crippen LogP contribution in [0.15, 0.2) is 65.3 Å². The van der Waals surface area contributed by atoms with Crippen molar-refractivity contribution in [3.05, 3.63) is 70.7 Å². The molecule has 0 aliphatic rings. The van der Waals surface area contributed by atoms with E-state index in [9.17, 15) is 4.79 Å². The van der Waals surface area contributed by atoms with E-state index in [1.54, 1.807) is 6.20 Å². The van der Waals surface area contributed by atoms with Crippen LogP contribution in [0.25, 0.3) is 22.1 Å². The molecule has 5 rings (SSSR count). The molecule has 1 N–H and O–H groups in total. The summed E-state index contributed by atoms with van der Waals surface area (Å²) in [7, 11) is 0. The standard InChI is InChI=1S/C21H15ClN6OS2/c22-14-6-7-16-15(10-14)18-19(28(16)11-13-4-2-1-3-5-13)25-21(27-26-18)31-12-17(29)24-20-23-8-9-30-20/h1-10H,11-12H2,(H,23,24,29). The number of amides is 1. The molecule has 0 aliphatic heterocycles. The Labute approximate surface area is 190 Å². The fourth-order valence-electron chi connectivity index (χ4n) is 3.27. The van der Waals surface area contributed by atoms with Crippen LogP contribution in [-0.2, 0) is 11.3 Å². The SMILES string of the molecule is O=C(CSc1nnc2c3cc(Cl)ccc3n(Cc3ccccc3)c2n1)Nc1nccs1. The third kappa shape index (κ3) is 4.25. The van der Waals surface area contributed by atoms with Crippen LogP contribution in [0.2, 0.25) is 5.02 Å². The quantitative estimate of drug-likeness (QED) is 0.359. The summed E-state index contributed by atoms with van der Waals surface area (Å²) in [6.07, 6.45) is 1.65. The van der Waals surface area contributed by atoms with Crippen molar-refractivity contribution in [1.29, 1.82) is 0 Å². The fraction of sp³-hybridized carbons (Fsp3) is 0.0952. The number of nitrogens with one attached hydrogen (secondary N) is 1. The van der Waals surface area contributed by atoms with Crippen LogP contribution < -0.4 is 5.32 Å². The lowest BCUT2D eigenvalue weighted by Gasteiger charge is -2.07. The zero-order chi connectivity index (χ0) is 21.2. The number of benzene rings is 2. The fourth-order valence-corrected chi connectivity index (χ4v) is 4.57. The molecule has 2 aromatic carbocycles. The Morgan fingerprint density at radius 2 is 2.03 bits per heavy atom. The number of thioether (sulfide) groups is 1. The molecular weight excluding hydrogens is 452 g/mol. The second-order valence-corrected chi connectivity index (χ2v) is 8.95. The molecule has 0 fully saturated rings. The van der Waals surface area contributed by atoms with E-state index in [4.69, 9.17) is 16.6 Å². The first kappa shape index (κ1) is 19.9. The highest BCUT2D eigenvalue weighted by molar-refractivity contribution is 7.99. The molecule has 5 aromatic rings. The van der Waals surface area contributed by atoms with Gasteiger partial charge >= 0.3 is 0 Å². The number of hydrogen-bond donors (Lipinski definition) is 1. The normalized spacial score (nSPS) is 11.3. The average molecular weight is 467 g/mol. The Hall–Kier alpha value is -3.01. The number of aromatic nitrogens is 5. The van der Waals surface area contributed by atoms with Gasteiger partial charge in [-0.05, 0) is 23.8 Å². The van der Waals surface area contributed by atoms with Crippen molar-refractivity contribution in [2.45, 2.75) is 11.7 Å². The van der Waals surface area contributed by atoms with Crippen molar-refractivity contribution < 1.29 is 4.79 Å². The minimum Gasteiger partial charge on any atom is -0.319 e. The zero-order valence-electron chi connectivity index (χ0n) is 16.0. The molecule has 31 heavy (non-hydrogen) atoms. The number of rotatable bonds is 6. The largest absolute Gasteiger partial charge is 0.319 e. The molecule has 1 amide bonds. The number of carbonyl (C=O) groups is 1. The smallest absolute Gasteiger partial charge is 0.236 e. The van der Waals surface area contributed by atoms with E-state index >= 15 is 0 Å². The number of halogens is 1. The Kier molecular flexibility index (Phi) is 5.54. The van der Waals surface area contributed by atoms with Crippen LogP contribution in [0, 0.1) is 0 Å². The molecule has 0 saturated heterocycles. The lowest BCUT2D eigenvalue weighted by atomic mass is 10.2. The van der Waals surface area contributed by atoms with Gasteiger partial charge < -0.3 is 9.88 Å². The summed E-state index contributed by atoms with van der Waals surface area (Å²) in [6, 6.07) is 15.9. The van der Waals surface area contributed by atoms with Crippen molar-refractivity contribution in [2.24, 2.45) is 0 Å². The van der Waals surface area contributed by atoms with Gasteiger partial charge in [-0.25, -0.2) is 9.97 Å². The van der Waals surface area contributed by atoms with E-state index in [0.717, 1.165) is 16.5 Å². The van der Waals surface area contributed by atoms with Gasteiger partial charge in [0.05, 0.1) is 11.3 Å². The lowest BCUT2D eigenvalue weighted by Crippen LogP contribution is -2.14. The van der Waals surface area contributed by atoms with E-state index in [2.05, 4.69) is 37.2 Å². The molecule has 0 spiro atoms. The molecule has 0 bridgehead atoms. The second-order valence-electron chi connectivity index (χ2n) is 6.67. The summed E-state index contributed by atoms with van der Waals surface area (Å²) in [5.41, 5.74) is 3.52. The van der Waals surface area contributed by atoms with Crippen molar-refractivity contribution >= 4 is 67.8 Å². The average Bonchev–Trinajstić information content (AvgIpc) is 3.39. The third-order valence-corrected chi connectivity index (χ3v) is 6.36. The number of anilines is 1. The summed E-state index contributed by atoms with van der Waals surface area (Å²) < 4.78 is 2.10. The van der Waals surface area contributed by atoms with E-state index in [1.807, 2.05) is 41.8 Å². The van der Waals surface area contributed by atoms with Gasteiger partial charge in [0.1, 0.15) is 5.52 Å². The molecule has 154 valence electrons. The van der Waals surface area contributed by atoms with Crippen LogP contribution in [-0.4, -0.2) is 36.4 Å². The minimum absolute atomic E-state index is 0.164. The van der Waals surface area contributed by atoms with Crippen molar-refractivity contribution in [3.63, 3.8) is 0 Å². The Bertz CT molecular complexity index is 1370. The van der Waals surface area contributed by atoms with E-state index < -0.39 is 0 Å². The predicted octanol–water partition coefficient (Wildman–Crippen LogP) is 4.87. The maximum Gasteiger partial charge on any atom is 0.236 e. The highest BCUT2D eigenvalue weighted by atomic mass is 35.5. The first-order valence-corrected chi connectivity index (χ1v) is 11.6. The topological polar surface area (TPSA) is 85.6 Å². The van der Waals surface area contributed by atoms with Gasteiger partial charge in [-0.3, -0.25) is 4.79 Å². The highest BCUT2D eigenvalue weighted by Crippen LogP contribution is 2.30. The van der Waals surface area contributed by atoms with Crippen LogP contribution in [0.1, 0.15) is 5.56 Å². The number of hydrogen-bond acceptors (Lipinski definition) is 7. The van der Waals surface area contributed by atoms with Crippen molar-refractivity contribution in [1.82, 2.24) is 24.7 Å². The molecule has 0 unspecified atom stereocenters. The van der Waals surface area contributed by atoms with Gasteiger partial charge in [-0.2, -0.15) is 0 Å². The van der Waals surface area contributed by atoms with Crippen LogP contribution in [0.3, 0.4) is 0 Å². The van der Waals surface area contributed by atoms with Gasteiger partial charge in [-0.15, -0.1) is 21.5 Å². The molecule has 0 aliphatic carbocycles. The Morgan fingerprint density at radius 1 is 1.16 bits per heavy atom. The van der Waals surface area contributed by atoms with Crippen LogP contribution in [0.4, 0.5) is 5.13 Å². The number of thiazole rings is 1. The molecular formula is C21H15ClN6OS2. The van der Waals surface area contributed by atoms with Gasteiger partial charge in [-0.1, -0.05) is 53.7 Å². The summed E-state index contributed by atoms with van der Waals surface area (Å²) in [6.45, 7) is 0.635. The van der Waals surface area contributed by atoms with Gasteiger partial charge in [0.2, 0.25) is 11.1 Å². The van der Waals surface area contributed by atoms with Gasteiger partial charge in [0, 0.05) is 28.5 Å². The van der Waals surface area contributed by atoms with E-state index in [0.29, 0.717) is 33.0 Å². The number of nitrogens with zero attached hydrogens (tertiary/aromatic N) is 5. The molecule has 3 aromatic heterocycles. The highest BCUT2D eigenvalue weighted by Gasteiger charge is 2.16. The maximum absolute atomic E-state index is 12.2. The summed E-state index contributed by atoms with van der Waals surface area (Å²) in [5, 5.41) is 15.7. The first-order chi connectivity index (χ1) is 15.2. The monoisotopic (exact) mass is 466 g/mol.